The Morgan fingerprint density at radius 2 is 1.85 bits per heavy atom. The number of hydrogen-bond acceptors (Lipinski definition) is 4. The second-order valence-electron chi connectivity index (χ2n) is 8.50. The molecule has 5 heteroatoms. The van der Waals surface area contributed by atoms with Gasteiger partial charge < -0.3 is 9.64 Å². The van der Waals surface area contributed by atoms with Gasteiger partial charge in [0.2, 0.25) is 5.91 Å². The van der Waals surface area contributed by atoms with Gasteiger partial charge in [-0.1, -0.05) is 6.07 Å². The summed E-state index contributed by atoms with van der Waals surface area (Å²) in [4.78, 5) is 18.6. The standard InChI is InChI=1S/C21H32N2O2S/c24-20(23-11-13-25-14-12-23)16-18-3-5-21(6-4-18)7-9-22(10-8-21)17-19-2-1-15-26-19/h1-2,15,18H,3-14,16-17H2. The summed E-state index contributed by atoms with van der Waals surface area (Å²) in [5, 5.41) is 2.18. The minimum absolute atomic E-state index is 0.361. The molecule has 3 heterocycles. The molecule has 0 atom stereocenters. The summed E-state index contributed by atoms with van der Waals surface area (Å²) in [7, 11) is 0. The highest BCUT2D eigenvalue weighted by molar-refractivity contribution is 7.09. The van der Waals surface area contributed by atoms with Gasteiger partial charge in [-0.2, -0.15) is 0 Å². The molecule has 3 fully saturated rings. The fourth-order valence-electron chi connectivity index (χ4n) is 4.99. The molecule has 1 spiro atoms. The van der Waals surface area contributed by atoms with Crippen molar-refractivity contribution in [1.82, 2.24) is 9.80 Å². The van der Waals surface area contributed by atoms with Crippen LogP contribution in [0.3, 0.4) is 0 Å². The molecule has 144 valence electrons. The summed E-state index contributed by atoms with van der Waals surface area (Å²) in [5.41, 5.74) is 0.574. The molecule has 1 aromatic heterocycles. The van der Waals surface area contributed by atoms with Gasteiger partial charge in [0, 0.05) is 30.9 Å². The summed E-state index contributed by atoms with van der Waals surface area (Å²) in [6.45, 7) is 6.61. The van der Waals surface area contributed by atoms with Crippen LogP contribution in [-0.2, 0) is 16.1 Å². The van der Waals surface area contributed by atoms with Gasteiger partial charge in [-0.3, -0.25) is 9.69 Å². The quantitative estimate of drug-likeness (QED) is 0.802. The minimum atomic E-state index is 0.361. The lowest BCUT2D eigenvalue weighted by molar-refractivity contribution is -0.136. The van der Waals surface area contributed by atoms with Crippen LogP contribution >= 0.6 is 11.3 Å². The molecule has 1 aliphatic carbocycles. The van der Waals surface area contributed by atoms with Crippen LogP contribution in [0.4, 0.5) is 0 Å². The summed E-state index contributed by atoms with van der Waals surface area (Å²) >= 11 is 1.88. The van der Waals surface area contributed by atoms with Crippen molar-refractivity contribution in [2.75, 3.05) is 39.4 Å². The van der Waals surface area contributed by atoms with Crippen molar-refractivity contribution in [2.45, 2.75) is 51.5 Å². The first kappa shape index (κ1) is 18.5. The number of likely N-dealkylation sites (tertiary alicyclic amines) is 1. The number of nitrogens with zero attached hydrogens (tertiary/aromatic N) is 2. The van der Waals surface area contributed by atoms with Crippen LogP contribution < -0.4 is 0 Å². The van der Waals surface area contributed by atoms with Crippen LogP contribution in [0, 0.1) is 11.3 Å². The Kier molecular flexibility index (Phi) is 5.97. The molecule has 4 nitrogen and oxygen atoms in total. The molecule has 0 N–H and O–H groups in total. The third-order valence-electron chi connectivity index (χ3n) is 6.87. The van der Waals surface area contributed by atoms with Crippen molar-refractivity contribution in [3.63, 3.8) is 0 Å². The van der Waals surface area contributed by atoms with E-state index in [2.05, 4.69) is 22.4 Å². The fourth-order valence-corrected chi connectivity index (χ4v) is 5.74. The number of piperidine rings is 1. The summed E-state index contributed by atoms with van der Waals surface area (Å²) in [6.07, 6.45) is 8.63. The maximum absolute atomic E-state index is 12.5. The van der Waals surface area contributed by atoms with Crippen LogP contribution in [0.5, 0.6) is 0 Å². The predicted octanol–water partition coefficient (Wildman–Crippen LogP) is 3.77. The van der Waals surface area contributed by atoms with Crippen molar-refractivity contribution in [1.29, 1.82) is 0 Å². The number of hydrogen-bond donors (Lipinski definition) is 0. The Morgan fingerprint density at radius 1 is 1.12 bits per heavy atom. The molecule has 0 aromatic carbocycles. The second kappa shape index (κ2) is 8.41. The van der Waals surface area contributed by atoms with Gasteiger partial charge in [0.25, 0.3) is 0 Å². The van der Waals surface area contributed by atoms with Gasteiger partial charge in [-0.25, -0.2) is 0 Å². The Hall–Kier alpha value is -0.910. The lowest BCUT2D eigenvalue weighted by Crippen LogP contribution is -2.43. The van der Waals surface area contributed by atoms with Gasteiger partial charge in [-0.15, -0.1) is 11.3 Å². The number of thiophene rings is 1. The predicted molar refractivity (Wildman–Crippen MR) is 105 cm³/mol. The van der Waals surface area contributed by atoms with E-state index in [4.69, 9.17) is 4.74 Å². The van der Waals surface area contributed by atoms with Crippen LogP contribution in [0.1, 0.15) is 49.8 Å². The smallest absolute Gasteiger partial charge is 0.223 e. The van der Waals surface area contributed by atoms with Crippen molar-refractivity contribution < 1.29 is 9.53 Å². The van der Waals surface area contributed by atoms with E-state index < -0.39 is 0 Å². The number of ether oxygens (including phenoxy) is 1. The van der Waals surface area contributed by atoms with Crippen molar-refractivity contribution >= 4 is 17.2 Å². The molecule has 2 aliphatic heterocycles. The molecule has 0 bridgehead atoms. The Morgan fingerprint density at radius 3 is 2.50 bits per heavy atom. The molecule has 0 unspecified atom stereocenters. The van der Waals surface area contributed by atoms with Crippen LogP contribution in [0.2, 0.25) is 0 Å². The largest absolute Gasteiger partial charge is 0.378 e. The summed E-state index contributed by atoms with van der Waals surface area (Å²) in [6, 6.07) is 4.41. The maximum Gasteiger partial charge on any atom is 0.223 e. The second-order valence-corrected chi connectivity index (χ2v) is 9.53. The van der Waals surface area contributed by atoms with Crippen molar-refractivity contribution in [3.05, 3.63) is 22.4 Å². The molecule has 2 saturated heterocycles. The third kappa shape index (κ3) is 4.49. The lowest BCUT2D eigenvalue weighted by Gasteiger charge is -2.46. The average Bonchev–Trinajstić information content (AvgIpc) is 3.20. The molecular weight excluding hydrogens is 344 g/mol. The van der Waals surface area contributed by atoms with Crippen molar-refractivity contribution in [3.8, 4) is 0 Å². The molecule has 4 rings (SSSR count). The van der Waals surface area contributed by atoms with Crippen molar-refractivity contribution in [2.24, 2.45) is 11.3 Å². The molecule has 1 aromatic rings. The van der Waals surface area contributed by atoms with Gasteiger partial charge in [0.15, 0.2) is 0 Å². The SMILES string of the molecule is O=C(CC1CCC2(CC1)CCN(Cc1cccs1)CC2)N1CCOCC1. The first-order valence-corrected chi connectivity index (χ1v) is 11.2. The molecule has 3 aliphatic rings. The molecule has 1 amide bonds. The summed E-state index contributed by atoms with van der Waals surface area (Å²) in [5.74, 6) is 0.972. The zero-order chi connectivity index (χ0) is 17.8. The molecular formula is C21H32N2O2S. The van der Waals surface area contributed by atoms with Gasteiger partial charge in [-0.05, 0) is 74.4 Å². The van der Waals surface area contributed by atoms with Gasteiger partial charge in [0.05, 0.1) is 13.2 Å². The van der Waals surface area contributed by atoms with E-state index in [0.717, 1.165) is 26.1 Å². The van der Waals surface area contributed by atoms with Crippen LogP contribution in [0.15, 0.2) is 17.5 Å². The Balaban J connectivity index is 1.20. The lowest BCUT2D eigenvalue weighted by atomic mass is 9.65. The van der Waals surface area contributed by atoms with E-state index in [9.17, 15) is 4.79 Å². The van der Waals surface area contributed by atoms with Gasteiger partial charge in [0.1, 0.15) is 0 Å². The average molecular weight is 377 g/mol. The normalized spacial score (nSPS) is 24.8. The highest BCUT2D eigenvalue weighted by atomic mass is 32.1. The van der Waals surface area contributed by atoms with E-state index in [1.54, 1.807) is 0 Å². The summed E-state index contributed by atoms with van der Waals surface area (Å²) < 4.78 is 5.36. The van der Waals surface area contributed by atoms with Crippen LogP contribution in [0.25, 0.3) is 0 Å². The zero-order valence-corrected chi connectivity index (χ0v) is 16.6. The number of amides is 1. The van der Waals surface area contributed by atoms with E-state index in [0.29, 0.717) is 30.5 Å². The fraction of sp³-hybridized carbons (Fsp3) is 0.762. The van der Waals surface area contributed by atoms with E-state index >= 15 is 0 Å². The highest BCUT2D eigenvalue weighted by Crippen LogP contribution is 2.47. The van der Waals surface area contributed by atoms with E-state index in [1.807, 2.05) is 16.2 Å². The van der Waals surface area contributed by atoms with E-state index in [-0.39, 0.29) is 0 Å². The topological polar surface area (TPSA) is 32.8 Å². The number of carbonyl (C=O) groups excluding carboxylic acids is 1. The third-order valence-corrected chi connectivity index (χ3v) is 7.73. The Bertz CT molecular complexity index is 565. The monoisotopic (exact) mass is 376 g/mol. The number of morpholine rings is 1. The maximum atomic E-state index is 12.5. The van der Waals surface area contributed by atoms with Gasteiger partial charge >= 0.3 is 0 Å². The van der Waals surface area contributed by atoms with Crippen LogP contribution in [-0.4, -0.2) is 55.1 Å². The first-order valence-electron chi connectivity index (χ1n) is 10.3. The highest BCUT2D eigenvalue weighted by Gasteiger charge is 2.38. The molecule has 26 heavy (non-hydrogen) atoms. The molecule has 0 radical (unpaired) electrons. The Labute approximate surface area is 161 Å². The minimum Gasteiger partial charge on any atom is -0.378 e. The molecule has 1 saturated carbocycles. The number of rotatable bonds is 4. The first-order chi connectivity index (χ1) is 12.7. The number of carbonyl (C=O) groups is 1. The zero-order valence-electron chi connectivity index (χ0n) is 15.8. The van der Waals surface area contributed by atoms with E-state index in [1.165, 1.54) is 56.5 Å².